The minimum absolute atomic E-state index is 0.310. The second-order valence-corrected chi connectivity index (χ2v) is 10.7. The topological polar surface area (TPSA) is 110 Å². The molecule has 33 heavy (non-hydrogen) atoms. The van der Waals surface area contributed by atoms with Crippen molar-refractivity contribution < 1.29 is 13.2 Å². The SMILES string of the molecule is COc1c(-c2ccc(CCNS(C)(=O)=O)cc2)cc(-n2c(=O)cc[nH]c2=O)cc1C(C)(C)C. The van der Waals surface area contributed by atoms with Crippen molar-refractivity contribution in [2.75, 3.05) is 19.9 Å². The van der Waals surface area contributed by atoms with Crippen LogP contribution in [0.5, 0.6) is 5.75 Å². The van der Waals surface area contributed by atoms with Crippen LogP contribution < -0.4 is 20.7 Å². The van der Waals surface area contributed by atoms with Gasteiger partial charge in [-0.2, -0.15) is 0 Å². The number of hydrogen-bond acceptors (Lipinski definition) is 5. The zero-order valence-electron chi connectivity index (χ0n) is 19.4. The molecule has 2 N–H and O–H groups in total. The first-order valence-electron chi connectivity index (χ1n) is 10.5. The number of methoxy groups -OCH3 is 1. The van der Waals surface area contributed by atoms with E-state index < -0.39 is 21.3 Å². The number of sulfonamides is 1. The van der Waals surface area contributed by atoms with Crippen LogP contribution in [0.15, 0.2) is 58.3 Å². The van der Waals surface area contributed by atoms with Crippen LogP contribution in [0.1, 0.15) is 31.9 Å². The molecule has 1 heterocycles. The summed E-state index contributed by atoms with van der Waals surface area (Å²) in [5.41, 5.74) is 2.60. The molecule has 176 valence electrons. The second kappa shape index (κ2) is 9.36. The van der Waals surface area contributed by atoms with E-state index >= 15 is 0 Å². The first-order chi connectivity index (χ1) is 15.4. The molecule has 1 aromatic heterocycles. The smallest absolute Gasteiger partial charge is 0.332 e. The van der Waals surface area contributed by atoms with E-state index in [1.807, 2.05) is 51.1 Å². The van der Waals surface area contributed by atoms with Crippen molar-refractivity contribution in [2.45, 2.75) is 32.6 Å². The highest BCUT2D eigenvalue weighted by atomic mass is 32.2. The summed E-state index contributed by atoms with van der Waals surface area (Å²) in [5, 5.41) is 0. The molecule has 3 aromatic rings. The van der Waals surface area contributed by atoms with Crippen LogP contribution >= 0.6 is 0 Å². The molecule has 0 amide bonds. The number of ether oxygens (including phenoxy) is 1. The van der Waals surface area contributed by atoms with Crippen molar-refractivity contribution in [3.63, 3.8) is 0 Å². The molecular weight excluding hydrogens is 442 g/mol. The van der Waals surface area contributed by atoms with Crippen molar-refractivity contribution in [1.82, 2.24) is 14.3 Å². The van der Waals surface area contributed by atoms with Gasteiger partial charge in [0.15, 0.2) is 0 Å². The highest BCUT2D eigenvalue weighted by Gasteiger charge is 2.24. The van der Waals surface area contributed by atoms with Gasteiger partial charge in [-0.05, 0) is 35.1 Å². The third kappa shape index (κ3) is 5.80. The minimum atomic E-state index is -3.23. The normalized spacial score (nSPS) is 12.0. The van der Waals surface area contributed by atoms with E-state index in [0.29, 0.717) is 24.4 Å². The van der Waals surface area contributed by atoms with Crippen LogP contribution in [0.3, 0.4) is 0 Å². The number of nitrogens with zero attached hydrogens (tertiary/aromatic N) is 1. The summed E-state index contributed by atoms with van der Waals surface area (Å²) < 4.78 is 31.9. The first kappa shape index (κ1) is 24.5. The van der Waals surface area contributed by atoms with Gasteiger partial charge in [-0.25, -0.2) is 22.5 Å². The Bertz CT molecular complexity index is 1340. The molecule has 0 aliphatic heterocycles. The van der Waals surface area contributed by atoms with Crippen LogP contribution in [0.25, 0.3) is 16.8 Å². The van der Waals surface area contributed by atoms with Gasteiger partial charge < -0.3 is 9.72 Å². The predicted molar refractivity (Wildman–Crippen MR) is 130 cm³/mol. The van der Waals surface area contributed by atoms with Crippen molar-refractivity contribution in [3.05, 3.63) is 80.6 Å². The third-order valence-corrected chi connectivity index (χ3v) is 5.97. The van der Waals surface area contributed by atoms with Crippen LogP contribution in [0.4, 0.5) is 0 Å². The molecule has 0 fully saturated rings. The lowest BCUT2D eigenvalue weighted by atomic mass is 9.83. The Kier molecular flexibility index (Phi) is 6.94. The highest BCUT2D eigenvalue weighted by molar-refractivity contribution is 7.88. The van der Waals surface area contributed by atoms with Crippen molar-refractivity contribution in [2.24, 2.45) is 0 Å². The lowest BCUT2D eigenvalue weighted by molar-refractivity contribution is 0.399. The third-order valence-electron chi connectivity index (χ3n) is 5.24. The van der Waals surface area contributed by atoms with E-state index in [-0.39, 0.29) is 5.41 Å². The molecule has 2 aromatic carbocycles. The molecule has 9 heteroatoms. The van der Waals surface area contributed by atoms with E-state index in [1.54, 1.807) is 13.2 Å². The van der Waals surface area contributed by atoms with E-state index in [4.69, 9.17) is 4.74 Å². The Labute approximate surface area is 193 Å². The number of nitrogens with one attached hydrogen (secondary N) is 2. The van der Waals surface area contributed by atoms with E-state index in [9.17, 15) is 18.0 Å². The molecule has 0 saturated carbocycles. The van der Waals surface area contributed by atoms with Gasteiger partial charge >= 0.3 is 5.69 Å². The Balaban J connectivity index is 2.13. The van der Waals surface area contributed by atoms with Crippen LogP contribution in [0.2, 0.25) is 0 Å². The maximum absolute atomic E-state index is 12.5. The molecular formula is C24H29N3O5S. The number of aromatic amines is 1. The van der Waals surface area contributed by atoms with Gasteiger partial charge in [-0.3, -0.25) is 4.79 Å². The molecule has 0 aliphatic rings. The first-order valence-corrected chi connectivity index (χ1v) is 12.4. The number of rotatable bonds is 7. The van der Waals surface area contributed by atoms with E-state index in [1.165, 1.54) is 12.3 Å². The fraction of sp³-hybridized carbons (Fsp3) is 0.333. The molecule has 0 bridgehead atoms. The Morgan fingerprint density at radius 3 is 2.27 bits per heavy atom. The Morgan fingerprint density at radius 2 is 1.73 bits per heavy atom. The average molecular weight is 472 g/mol. The summed E-state index contributed by atoms with van der Waals surface area (Å²) in [7, 11) is -1.64. The van der Waals surface area contributed by atoms with Crippen LogP contribution in [-0.2, 0) is 21.9 Å². The van der Waals surface area contributed by atoms with Gasteiger partial charge in [0.05, 0.1) is 19.1 Å². The predicted octanol–water partition coefficient (Wildman–Crippen LogP) is 2.59. The van der Waals surface area contributed by atoms with Gasteiger partial charge in [0.1, 0.15) is 5.75 Å². The fourth-order valence-corrected chi connectivity index (χ4v) is 4.11. The van der Waals surface area contributed by atoms with Crippen molar-refractivity contribution >= 4 is 10.0 Å². The minimum Gasteiger partial charge on any atom is -0.496 e. The van der Waals surface area contributed by atoms with Crippen molar-refractivity contribution in [1.29, 1.82) is 0 Å². The molecule has 0 atom stereocenters. The summed E-state index contributed by atoms with van der Waals surface area (Å²) in [6.07, 6.45) is 3.01. The zero-order valence-corrected chi connectivity index (χ0v) is 20.2. The number of hydrogen-bond donors (Lipinski definition) is 2. The van der Waals surface area contributed by atoms with E-state index in [0.717, 1.165) is 33.1 Å². The van der Waals surface area contributed by atoms with Gasteiger partial charge in [-0.1, -0.05) is 45.0 Å². The number of H-pyrrole nitrogens is 1. The maximum Gasteiger partial charge on any atom is 0.332 e. The highest BCUT2D eigenvalue weighted by Crippen LogP contribution is 2.41. The monoisotopic (exact) mass is 471 g/mol. The summed E-state index contributed by atoms with van der Waals surface area (Å²) in [6.45, 7) is 6.42. The molecule has 0 radical (unpaired) electrons. The van der Waals surface area contributed by atoms with Crippen LogP contribution in [-0.4, -0.2) is 37.9 Å². The van der Waals surface area contributed by atoms with Gasteiger partial charge in [-0.15, -0.1) is 0 Å². The largest absolute Gasteiger partial charge is 0.496 e. The fourth-order valence-electron chi connectivity index (χ4n) is 3.63. The molecule has 0 spiro atoms. The molecule has 0 aliphatic carbocycles. The lowest BCUT2D eigenvalue weighted by Crippen LogP contribution is -2.32. The summed E-state index contributed by atoms with van der Waals surface area (Å²) in [4.78, 5) is 27.5. The Hall–Kier alpha value is -3.17. The van der Waals surface area contributed by atoms with Crippen LogP contribution in [0, 0.1) is 0 Å². The standard InChI is InChI=1S/C24H29N3O5S/c1-24(2,3)20-15-18(27-21(28)11-12-25-23(27)29)14-19(22(20)32-4)17-8-6-16(7-9-17)10-13-26-33(5,30)31/h6-9,11-12,14-15,26H,10,13H2,1-5H3,(H,25,29). The summed E-state index contributed by atoms with van der Waals surface area (Å²) >= 11 is 0. The number of aromatic nitrogens is 2. The molecule has 3 rings (SSSR count). The lowest BCUT2D eigenvalue weighted by Gasteiger charge is -2.25. The van der Waals surface area contributed by atoms with Gasteiger partial charge in [0.2, 0.25) is 10.0 Å². The summed E-state index contributed by atoms with van der Waals surface area (Å²) in [6, 6.07) is 12.6. The summed E-state index contributed by atoms with van der Waals surface area (Å²) in [5.74, 6) is 0.665. The molecule has 8 nitrogen and oxygen atoms in total. The maximum atomic E-state index is 12.5. The number of benzene rings is 2. The second-order valence-electron chi connectivity index (χ2n) is 8.89. The van der Waals surface area contributed by atoms with Crippen molar-refractivity contribution in [3.8, 4) is 22.6 Å². The average Bonchev–Trinajstić information content (AvgIpc) is 2.72. The Morgan fingerprint density at radius 1 is 1.06 bits per heavy atom. The van der Waals surface area contributed by atoms with Gasteiger partial charge in [0.25, 0.3) is 5.56 Å². The van der Waals surface area contributed by atoms with E-state index in [2.05, 4.69) is 9.71 Å². The molecule has 0 unspecified atom stereocenters. The van der Waals surface area contributed by atoms with Gasteiger partial charge in [0, 0.05) is 29.9 Å². The quantitative estimate of drug-likeness (QED) is 0.550. The zero-order chi connectivity index (χ0) is 24.4. The molecule has 0 saturated heterocycles.